The molecule has 0 spiro atoms. The standard InChI is InChI=1S/C19H5F11/c20-9-7(10(21)14(25)17(28)13(9)24)19(30,6-4-2-1-3-5-6)8-11(22)15(26)18(29)16(27)12(8)23/h1-5H. The van der Waals surface area contributed by atoms with Gasteiger partial charge in [-0.2, -0.15) is 0 Å². The summed E-state index contributed by atoms with van der Waals surface area (Å²) in [5, 5.41) is 0. The Kier molecular flexibility index (Phi) is 5.25. The molecular weight excluding hydrogens is 437 g/mol. The van der Waals surface area contributed by atoms with E-state index < -0.39 is 80.5 Å². The van der Waals surface area contributed by atoms with Crippen molar-refractivity contribution < 1.29 is 48.3 Å². The van der Waals surface area contributed by atoms with Crippen molar-refractivity contribution >= 4 is 0 Å². The Hall–Kier alpha value is -3.11. The van der Waals surface area contributed by atoms with Crippen LogP contribution < -0.4 is 0 Å². The molecular formula is C19H5F11. The fourth-order valence-electron chi connectivity index (χ4n) is 2.90. The van der Waals surface area contributed by atoms with E-state index in [-0.39, 0.29) is 0 Å². The van der Waals surface area contributed by atoms with Crippen molar-refractivity contribution in [1.82, 2.24) is 0 Å². The van der Waals surface area contributed by atoms with E-state index in [1.165, 1.54) is 6.07 Å². The fourth-order valence-corrected chi connectivity index (χ4v) is 2.90. The van der Waals surface area contributed by atoms with Gasteiger partial charge in [0, 0.05) is 0 Å². The van der Waals surface area contributed by atoms with Gasteiger partial charge in [0.25, 0.3) is 0 Å². The van der Waals surface area contributed by atoms with E-state index >= 15 is 4.39 Å². The second-order valence-electron chi connectivity index (χ2n) is 5.91. The monoisotopic (exact) mass is 442 g/mol. The normalized spacial score (nSPS) is 11.8. The first-order valence-electron chi connectivity index (χ1n) is 7.74. The highest BCUT2D eigenvalue weighted by molar-refractivity contribution is 5.50. The summed E-state index contributed by atoms with van der Waals surface area (Å²) in [5.74, 6) is -27.6. The van der Waals surface area contributed by atoms with Gasteiger partial charge in [0.15, 0.2) is 52.2 Å². The lowest BCUT2D eigenvalue weighted by Crippen LogP contribution is -2.32. The van der Waals surface area contributed by atoms with Crippen LogP contribution in [0, 0.1) is 58.2 Å². The van der Waals surface area contributed by atoms with Crippen LogP contribution in [0.25, 0.3) is 0 Å². The smallest absolute Gasteiger partial charge is 0.200 e. The third-order valence-electron chi connectivity index (χ3n) is 4.28. The Morgan fingerprint density at radius 2 is 0.667 bits per heavy atom. The summed E-state index contributed by atoms with van der Waals surface area (Å²) < 4.78 is 155. The fraction of sp³-hybridized carbons (Fsp3) is 0.0526. The second kappa shape index (κ2) is 7.29. The lowest BCUT2D eigenvalue weighted by molar-refractivity contribution is 0.224. The van der Waals surface area contributed by atoms with Crippen molar-refractivity contribution in [1.29, 1.82) is 0 Å². The van der Waals surface area contributed by atoms with Crippen LogP contribution in [0.15, 0.2) is 30.3 Å². The van der Waals surface area contributed by atoms with Gasteiger partial charge in [-0.05, 0) is 5.56 Å². The van der Waals surface area contributed by atoms with E-state index in [9.17, 15) is 43.9 Å². The molecule has 30 heavy (non-hydrogen) atoms. The van der Waals surface area contributed by atoms with E-state index in [1.54, 1.807) is 0 Å². The molecule has 3 aromatic rings. The lowest BCUT2D eigenvalue weighted by atomic mass is 9.80. The molecule has 0 aromatic heterocycles. The van der Waals surface area contributed by atoms with Crippen molar-refractivity contribution in [2.75, 3.05) is 0 Å². The van der Waals surface area contributed by atoms with Gasteiger partial charge in [0.1, 0.15) is 0 Å². The molecule has 0 aliphatic heterocycles. The molecule has 0 bridgehead atoms. The highest BCUT2D eigenvalue weighted by atomic mass is 19.2. The highest BCUT2D eigenvalue weighted by Gasteiger charge is 2.50. The van der Waals surface area contributed by atoms with Crippen LogP contribution in [0.5, 0.6) is 0 Å². The van der Waals surface area contributed by atoms with Crippen molar-refractivity contribution in [3.05, 3.63) is 105 Å². The summed E-state index contributed by atoms with van der Waals surface area (Å²) in [4.78, 5) is 0. The molecule has 0 heterocycles. The molecule has 0 N–H and O–H groups in total. The maximum absolute atomic E-state index is 16.1. The van der Waals surface area contributed by atoms with Gasteiger partial charge in [0.05, 0.1) is 11.1 Å². The molecule has 0 amide bonds. The first kappa shape index (κ1) is 21.6. The maximum Gasteiger partial charge on any atom is 0.200 e. The molecule has 0 unspecified atom stereocenters. The largest absolute Gasteiger partial charge is 0.228 e. The number of halogens is 11. The zero-order valence-corrected chi connectivity index (χ0v) is 14.0. The van der Waals surface area contributed by atoms with E-state index in [2.05, 4.69) is 0 Å². The first-order valence-corrected chi connectivity index (χ1v) is 7.74. The Morgan fingerprint density at radius 1 is 0.400 bits per heavy atom. The first-order chi connectivity index (χ1) is 14.0. The quantitative estimate of drug-likeness (QED) is 0.192. The van der Waals surface area contributed by atoms with Gasteiger partial charge in [-0.15, -0.1) is 0 Å². The molecule has 3 aromatic carbocycles. The highest BCUT2D eigenvalue weighted by Crippen LogP contribution is 2.47. The summed E-state index contributed by atoms with van der Waals surface area (Å²) in [6, 6.07) is 4.22. The van der Waals surface area contributed by atoms with Crippen LogP contribution in [0.1, 0.15) is 16.7 Å². The van der Waals surface area contributed by atoms with Crippen LogP contribution in [0.2, 0.25) is 0 Å². The summed E-state index contributed by atoms with van der Waals surface area (Å²) in [7, 11) is 0. The van der Waals surface area contributed by atoms with E-state index in [0.717, 1.165) is 12.1 Å². The molecule has 0 atom stereocenters. The minimum absolute atomic E-state index is 0.593. The third-order valence-corrected chi connectivity index (χ3v) is 4.28. The average Bonchev–Trinajstić information content (AvgIpc) is 2.74. The zero-order chi connectivity index (χ0) is 22.5. The predicted octanol–water partition coefficient (Wildman–Crippen LogP) is 6.34. The van der Waals surface area contributed by atoms with Gasteiger partial charge in [0.2, 0.25) is 11.6 Å². The van der Waals surface area contributed by atoms with E-state index in [1.807, 2.05) is 0 Å². The zero-order valence-electron chi connectivity index (χ0n) is 14.0. The second-order valence-corrected chi connectivity index (χ2v) is 5.91. The Bertz CT molecular complexity index is 1030. The number of alkyl halides is 1. The molecule has 11 heteroatoms. The van der Waals surface area contributed by atoms with Crippen molar-refractivity contribution in [3.8, 4) is 0 Å². The Balaban J connectivity index is 2.60. The number of hydrogen-bond acceptors (Lipinski definition) is 0. The van der Waals surface area contributed by atoms with Crippen LogP contribution in [-0.4, -0.2) is 0 Å². The molecule has 0 aliphatic carbocycles. The minimum atomic E-state index is -4.51. The predicted molar refractivity (Wildman–Crippen MR) is 79.9 cm³/mol. The average molecular weight is 442 g/mol. The van der Waals surface area contributed by atoms with Gasteiger partial charge >= 0.3 is 0 Å². The lowest BCUT2D eigenvalue weighted by Gasteiger charge is -2.29. The van der Waals surface area contributed by atoms with Crippen LogP contribution >= 0.6 is 0 Å². The van der Waals surface area contributed by atoms with Gasteiger partial charge < -0.3 is 0 Å². The number of rotatable bonds is 3. The van der Waals surface area contributed by atoms with E-state index in [4.69, 9.17) is 0 Å². The molecule has 0 radical (unpaired) electrons. The Morgan fingerprint density at radius 3 is 0.967 bits per heavy atom. The van der Waals surface area contributed by atoms with Crippen LogP contribution in [0.4, 0.5) is 48.3 Å². The van der Waals surface area contributed by atoms with Gasteiger partial charge in [-0.25, -0.2) is 48.3 Å². The van der Waals surface area contributed by atoms with E-state index in [0.29, 0.717) is 12.1 Å². The van der Waals surface area contributed by atoms with Gasteiger partial charge in [-0.3, -0.25) is 0 Å². The van der Waals surface area contributed by atoms with Crippen LogP contribution in [0.3, 0.4) is 0 Å². The Labute approximate surface area is 160 Å². The van der Waals surface area contributed by atoms with Crippen molar-refractivity contribution in [2.45, 2.75) is 5.67 Å². The SMILES string of the molecule is Fc1c(F)c(F)c(C(F)(c2ccccc2)c2c(F)c(F)c(F)c(F)c2F)c(F)c1F. The number of benzene rings is 3. The molecule has 0 saturated heterocycles. The maximum atomic E-state index is 16.1. The molecule has 0 aliphatic rings. The summed E-state index contributed by atoms with van der Waals surface area (Å²) >= 11 is 0. The summed E-state index contributed by atoms with van der Waals surface area (Å²) in [6.45, 7) is 0. The van der Waals surface area contributed by atoms with Crippen molar-refractivity contribution in [2.24, 2.45) is 0 Å². The third kappa shape index (κ3) is 2.83. The number of hydrogen-bond donors (Lipinski definition) is 0. The summed E-state index contributed by atoms with van der Waals surface area (Å²) in [6.07, 6.45) is 0. The van der Waals surface area contributed by atoms with Crippen molar-refractivity contribution in [3.63, 3.8) is 0 Å². The molecule has 0 saturated carbocycles. The summed E-state index contributed by atoms with van der Waals surface area (Å²) in [5.41, 5.74) is -10.6. The topological polar surface area (TPSA) is 0 Å². The molecule has 158 valence electrons. The van der Waals surface area contributed by atoms with Gasteiger partial charge in [-0.1, -0.05) is 30.3 Å². The molecule has 3 rings (SSSR count). The van der Waals surface area contributed by atoms with Crippen LogP contribution in [-0.2, 0) is 5.67 Å². The molecule has 0 fully saturated rings. The molecule has 0 nitrogen and oxygen atoms in total. The minimum Gasteiger partial charge on any atom is -0.228 e.